The predicted octanol–water partition coefficient (Wildman–Crippen LogP) is 4.87. The Kier molecular flexibility index (Phi) is 5.29. The molecule has 4 heteroatoms. The van der Waals surface area contributed by atoms with Gasteiger partial charge in [0.25, 0.3) is 0 Å². The molecule has 1 amide bonds. The Bertz CT molecular complexity index is 806. The number of amides is 1. The highest BCUT2D eigenvalue weighted by Gasteiger charge is 2.16. The first-order valence-electron chi connectivity index (χ1n) is 7.77. The molecule has 1 N–H and O–H groups in total. The molecular formula is C20H18N2OS. The third kappa shape index (κ3) is 4.03. The molecule has 3 nitrogen and oxygen atoms in total. The third-order valence-corrected chi connectivity index (χ3v) is 4.62. The van der Waals surface area contributed by atoms with E-state index in [0.717, 1.165) is 21.8 Å². The van der Waals surface area contributed by atoms with Gasteiger partial charge in [-0.15, -0.1) is 0 Å². The van der Waals surface area contributed by atoms with Crippen molar-refractivity contribution in [2.75, 3.05) is 5.32 Å². The van der Waals surface area contributed by atoms with Gasteiger partial charge in [-0.25, -0.2) is 4.98 Å². The van der Waals surface area contributed by atoms with Crippen molar-refractivity contribution in [1.82, 2.24) is 4.98 Å². The molecule has 0 aliphatic rings. The molecular weight excluding hydrogens is 316 g/mol. The van der Waals surface area contributed by atoms with Gasteiger partial charge in [0.2, 0.25) is 5.91 Å². The standard InChI is InChI=1S/C20H18N2OS/c1-15(24-19-13-7-8-14-21-19)20(23)22-18-12-6-5-11-17(18)16-9-3-2-4-10-16/h2-15H,1H3,(H,22,23)/t15-/m0/s1. The molecule has 0 unspecified atom stereocenters. The summed E-state index contributed by atoms with van der Waals surface area (Å²) in [5, 5.41) is 3.65. The molecule has 1 aromatic heterocycles. The first kappa shape index (κ1) is 16.3. The molecule has 1 atom stereocenters. The number of hydrogen-bond donors (Lipinski definition) is 1. The molecule has 3 rings (SSSR count). The molecule has 0 saturated heterocycles. The van der Waals surface area contributed by atoms with Gasteiger partial charge >= 0.3 is 0 Å². The van der Waals surface area contributed by atoms with E-state index in [0.29, 0.717) is 0 Å². The van der Waals surface area contributed by atoms with Crippen LogP contribution in [0.4, 0.5) is 5.69 Å². The fourth-order valence-corrected chi connectivity index (χ4v) is 3.15. The summed E-state index contributed by atoms with van der Waals surface area (Å²) in [4.78, 5) is 16.8. The Balaban J connectivity index is 1.75. The van der Waals surface area contributed by atoms with Crippen LogP contribution in [0, 0.1) is 0 Å². The highest BCUT2D eigenvalue weighted by Crippen LogP contribution is 2.29. The Hall–Kier alpha value is -2.59. The van der Waals surface area contributed by atoms with Crippen molar-refractivity contribution in [3.8, 4) is 11.1 Å². The number of rotatable bonds is 5. The third-order valence-electron chi connectivity index (χ3n) is 3.57. The van der Waals surface area contributed by atoms with Crippen LogP contribution in [-0.4, -0.2) is 16.1 Å². The van der Waals surface area contributed by atoms with Crippen LogP contribution >= 0.6 is 11.8 Å². The molecule has 0 fully saturated rings. The molecule has 0 saturated carbocycles. The first-order valence-corrected chi connectivity index (χ1v) is 8.65. The van der Waals surface area contributed by atoms with E-state index in [9.17, 15) is 4.79 Å². The fourth-order valence-electron chi connectivity index (χ4n) is 2.35. The highest BCUT2D eigenvalue weighted by atomic mass is 32.2. The Morgan fingerprint density at radius 3 is 2.42 bits per heavy atom. The van der Waals surface area contributed by atoms with Crippen LogP contribution in [-0.2, 0) is 4.79 Å². The van der Waals surface area contributed by atoms with Gasteiger partial charge in [-0.05, 0) is 30.7 Å². The van der Waals surface area contributed by atoms with Gasteiger partial charge < -0.3 is 5.32 Å². The topological polar surface area (TPSA) is 42.0 Å². The summed E-state index contributed by atoms with van der Waals surface area (Å²) in [6.07, 6.45) is 1.73. The van der Waals surface area contributed by atoms with Crippen molar-refractivity contribution in [1.29, 1.82) is 0 Å². The number of para-hydroxylation sites is 1. The lowest BCUT2D eigenvalue weighted by Crippen LogP contribution is -2.22. The zero-order chi connectivity index (χ0) is 16.8. The molecule has 0 bridgehead atoms. The average molecular weight is 334 g/mol. The molecule has 1 heterocycles. The minimum atomic E-state index is -0.233. The lowest BCUT2D eigenvalue weighted by atomic mass is 10.0. The van der Waals surface area contributed by atoms with Crippen molar-refractivity contribution in [3.63, 3.8) is 0 Å². The number of hydrogen-bond acceptors (Lipinski definition) is 3. The normalized spacial score (nSPS) is 11.7. The van der Waals surface area contributed by atoms with Crippen molar-refractivity contribution in [3.05, 3.63) is 79.0 Å². The van der Waals surface area contributed by atoms with E-state index in [1.54, 1.807) is 6.20 Å². The number of nitrogens with one attached hydrogen (secondary N) is 1. The SMILES string of the molecule is C[C@H](Sc1ccccn1)C(=O)Nc1ccccc1-c1ccccc1. The van der Waals surface area contributed by atoms with Crippen LogP contribution in [0.5, 0.6) is 0 Å². The zero-order valence-corrected chi connectivity index (χ0v) is 14.2. The second kappa shape index (κ2) is 7.79. The van der Waals surface area contributed by atoms with Crippen molar-refractivity contribution in [2.24, 2.45) is 0 Å². The van der Waals surface area contributed by atoms with E-state index in [2.05, 4.69) is 10.3 Å². The maximum absolute atomic E-state index is 12.5. The van der Waals surface area contributed by atoms with E-state index < -0.39 is 0 Å². The van der Waals surface area contributed by atoms with Crippen molar-refractivity contribution in [2.45, 2.75) is 17.2 Å². The van der Waals surface area contributed by atoms with E-state index in [1.807, 2.05) is 79.7 Å². The van der Waals surface area contributed by atoms with E-state index >= 15 is 0 Å². The van der Waals surface area contributed by atoms with Crippen LogP contribution < -0.4 is 5.32 Å². The van der Waals surface area contributed by atoms with Gasteiger partial charge in [0.05, 0.1) is 10.3 Å². The minimum absolute atomic E-state index is 0.0333. The van der Waals surface area contributed by atoms with Gasteiger partial charge in [0, 0.05) is 17.4 Å². The molecule has 0 radical (unpaired) electrons. The van der Waals surface area contributed by atoms with Crippen LogP contribution in [0.25, 0.3) is 11.1 Å². The van der Waals surface area contributed by atoms with Crippen molar-refractivity contribution < 1.29 is 4.79 Å². The number of anilines is 1. The second-order valence-corrected chi connectivity index (χ2v) is 6.69. The largest absolute Gasteiger partial charge is 0.325 e. The number of thioether (sulfide) groups is 1. The van der Waals surface area contributed by atoms with Crippen LogP contribution in [0.2, 0.25) is 0 Å². The smallest absolute Gasteiger partial charge is 0.237 e. The van der Waals surface area contributed by atoms with E-state index in [4.69, 9.17) is 0 Å². The van der Waals surface area contributed by atoms with Gasteiger partial charge in [0.1, 0.15) is 0 Å². The predicted molar refractivity (Wildman–Crippen MR) is 100 cm³/mol. The maximum Gasteiger partial charge on any atom is 0.237 e. The molecule has 0 spiro atoms. The molecule has 3 aromatic rings. The number of nitrogens with zero attached hydrogens (tertiary/aromatic N) is 1. The Morgan fingerprint density at radius 2 is 1.67 bits per heavy atom. The monoisotopic (exact) mass is 334 g/mol. The Morgan fingerprint density at radius 1 is 0.958 bits per heavy atom. The van der Waals surface area contributed by atoms with Crippen LogP contribution in [0.1, 0.15) is 6.92 Å². The summed E-state index contributed by atoms with van der Waals surface area (Å²) < 4.78 is 0. The first-order chi connectivity index (χ1) is 11.7. The quantitative estimate of drug-likeness (QED) is 0.677. The number of pyridine rings is 1. The van der Waals surface area contributed by atoms with Gasteiger partial charge in [0.15, 0.2) is 0 Å². The van der Waals surface area contributed by atoms with Gasteiger partial charge in [-0.2, -0.15) is 0 Å². The van der Waals surface area contributed by atoms with Crippen LogP contribution in [0.15, 0.2) is 84.0 Å². The van der Waals surface area contributed by atoms with Gasteiger partial charge in [-0.1, -0.05) is 66.4 Å². The fraction of sp³-hybridized carbons (Fsp3) is 0.100. The highest BCUT2D eigenvalue weighted by molar-refractivity contribution is 8.00. The summed E-state index contributed by atoms with van der Waals surface area (Å²) in [6.45, 7) is 1.89. The van der Waals surface area contributed by atoms with E-state index in [1.165, 1.54) is 11.8 Å². The number of carbonyl (C=O) groups excluding carboxylic acids is 1. The number of aromatic nitrogens is 1. The zero-order valence-electron chi connectivity index (χ0n) is 13.3. The molecule has 2 aromatic carbocycles. The van der Waals surface area contributed by atoms with Crippen molar-refractivity contribution >= 4 is 23.4 Å². The van der Waals surface area contributed by atoms with Gasteiger partial charge in [-0.3, -0.25) is 4.79 Å². The summed E-state index contributed by atoms with van der Waals surface area (Å²) in [6, 6.07) is 23.6. The summed E-state index contributed by atoms with van der Waals surface area (Å²) in [5.41, 5.74) is 2.92. The molecule has 120 valence electrons. The minimum Gasteiger partial charge on any atom is -0.325 e. The average Bonchev–Trinajstić information content (AvgIpc) is 2.63. The second-order valence-electron chi connectivity index (χ2n) is 5.33. The van der Waals surface area contributed by atoms with Crippen LogP contribution in [0.3, 0.4) is 0 Å². The molecule has 0 aliphatic carbocycles. The summed E-state index contributed by atoms with van der Waals surface area (Å²) in [5.74, 6) is -0.0333. The maximum atomic E-state index is 12.5. The molecule has 0 aliphatic heterocycles. The summed E-state index contributed by atoms with van der Waals surface area (Å²) in [7, 11) is 0. The number of benzene rings is 2. The number of carbonyl (C=O) groups is 1. The Labute approximate surface area is 146 Å². The lowest BCUT2D eigenvalue weighted by Gasteiger charge is -2.14. The van der Waals surface area contributed by atoms with E-state index in [-0.39, 0.29) is 11.2 Å². The lowest BCUT2D eigenvalue weighted by molar-refractivity contribution is -0.115. The molecule has 24 heavy (non-hydrogen) atoms. The summed E-state index contributed by atoms with van der Waals surface area (Å²) >= 11 is 1.45.